The first-order valence-electron chi connectivity index (χ1n) is 8.51. The Hall–Kier alpha value is -1.47. The molecule has 0 atom stereocenters. The summed E-state index contributed by atoms with van der Waals surface area (Å²) in [5.41, 5.74) is -0.649. The fourth-order valence-electron chi connectivity index (χ4n) is 3.82. The van der Waals surface area contributed by atoms with Gasteiger partial charge in [0.2, 0.25) is 5.91 Å². The summed E-state index contributed by atoms with van der Waals surface area (Å²) in [5, 5.41) is 19.0. The van der Waals surface area contributed by atoms with Crippen molar-refractivity contribution < 1.29 is 9.90 Å². The number of hydrogen-bond donors (Lipinski definition) is 1. The molecular formula is C16H27N5O2. The van der Waals surface area contributed by atoms with Crippen molar-refractivity contribution >= 4 is 5.91 Å². The molecule has 0 aromatic carbocycles. The number of aromatic nitrogens is 3. The van der Waals surface area contributed by atoms with Crippen LogP contribution in [0.2, 0.25) is 0 Å². The topological polar surface area (TPSA) is 74.5 Å². The average Bonchev–Trinajstić information content (AvgIpc) is 2.94. The van der Waals surface area contributed by atoms with Gasteiger partial charge in [-0.3, -0.25) is 4.79 Å². The quantitative estimate of drug-likeness (QED) is 0.870. The van der Waals surface area contributed by atoms with Crippen LogP contribution in [0.15, 0.2) is 6.33 Å². The standard InChI is InChI=1S/C16H27N5O2/c1-13(22)21-9-5-16(23,6-10-21)11-20-7-3-14(4-8-20)15-18-17-12-19(15)2/h12,14,23H,3-11H2,1-2H3. The molecule has 1 aromatic heterocycles. The van der Waals surface area contributed by atoms with Crippen LogP contribution in [0.5, 0.6) is 0 Å². The molecule has 2 aliphatic heterocycles. The van der Waals surface area contributed by atoms with Crippen LogP contribution >= 0.6 is 0 Å². The summed E-state index contributed by atoms with van der Waals surface area (Å²) >= 11 is 0. The summed E-state index contributed by atoms with van der Waals surface area (Å²) in [5.74, 6) is 1.64. The summed E-state index contributed by atoms with van der Waals surface area (Å²) in [7, 11) is 1.99. The second-order valence-electron chi connectivity index (χ2n) is 7.08. The molecular weight excluding hydrogens is 294 g/mol. The second kappa shape index (κ2) is 6.57. The van der Waals surface area contributed by atoms with Crippen LogP contribution in [0.25, 0.3) is 0 Å². The maximum atomic E-state index is 11.4. The largest absolute Gasteiger partial charge is 0.388 e. The van der Waals surface area contributed by atoms with Crippen molar-refractivity contribution in [3.63, 3.8) is 0 Å². The van der Waals surface area contributed by atoms with E-state index in [0.29, 0.717) is 38.4 Å². The van der Waals surface area contributed by atoms with Gasteiger partial charge in [-0.2, -0.15) is 0 Å². The highest BCUT2D eigenvalue weighted by Crippen LogP contribution is 2.29. The fraction of sp³-hybridized carbons (Fsp3) is 0.812. The van der Waals surface area contributed by atoms with Gasteiger partial charge < -0.3 is 19.5 Å². The third kappa shape index (κ3) is 3.72. The Balaban J connectivity index is 1.49. The molecule has 0 aliphatic carbocycles. The van der Waals surface area contributed by atoms with Gasteiger partial charge in [0.1, 0.15) is 12.2 Å². The zero-order valence-corrected chi connectivity index (χ0v) is 14.1. The van der Waals surface area contributed by atoms with Crippen molar-refractivity contribution in [2.24, 2.45) is 7.05 Å². The van der Waals surface area contributed by atoms with Gasteiger partial charge in [-0.15, -0.1) is 10.2 Å². The fourth-order valence-corrected chi connectivity index (χ4v) is 3.82. The van der Waals surface area contributed by atoms with E-state index in [-0.39, 0.29) is 5.91 Å². The van der Waals surface area contributed by atoms with Gasteiger partial charge in [0, 0.05) is 39.5 Å². The zero-order valence-electron chi connectivity index (χ0n) is 14.1. The van der Waals surface area contributed by atoms with E-state index in [2.05, 4.69) is 15.1 Å². The van der Waals surface area contributed by atoms with Crippen molar-refractivity contribution in [3.05, 3.63) is 12.2 Å². The Morgan fingerprint density at radius 2 is 1.96 bits per heavy atom. The normalized spacial score (nSPS) is 23.2. The molecule has 0 unspecified atom stereocenters. The Bertz CT molecular complexity index is 542. The highest BCUT2D eigenvalue weighted by molar-refractivity contribution is 5.73. The molecule has 2 fully saturated rings. The van der Waals surface area contributed by atoms with E-state index in [1.54, 1.807) is 13.3 Å². The molecule has 1 aromatic rings. The number of carbonyl (C=O) groups is 1. The maximum absolute atomic E-state index is 11.4. The number of rotatable bonds is 3. The first-order valence-corrected chi connectivity index (χ1v) is 8.51. The van der Waals surface area contributed by atoms with Crippen molar-refractivity contribution in [1.82, 2.24) is 24.6 Å². The molecule has 0 radical (unpaired) electrons. The predicted molar refractivity (Wildman–Crippen MR) is 85.9 cm³/mol. The van der Waals surface area contributed by atoms with Crippen molar-refractivity contribution in [3.8, 4) is 0 Å². The number of β-amino-alcohol motifs (C(OH)–C–C–N with tert-alkyl or cyclic N) is 1. The summed E-state index contributed by atoms with van der Waals surface area (Å²) < 4.78 is 2.01. The molecule has 3 rings (SSSR count). The summed E-state index contributed by atoms with van der Waals surface area (Å²) in [6, 6.07) is 0. The van der Waals surface area contributed by atoms with Gasteiger partial charge in [-0.25, -0.2) is 0 Å². The van der Waals surface area contributed by atoms with Gasteiger partial charge in [-0.1, -0.05) is 0 Å². The van der Waals surface area contributed by atoms with Gasteiger partial charge in [0.05, 0.1) is 5.60 Å². The Labute approximate surface area is 137 Å². The second-order valence-corrected chi connectivity index (χ2v) is 7.08. The Morgan fingerprint density at radius 1 is 1.30 bits per heavy atom. The SMILES string of the molecule is CC(=O)N1CCC(O)(CN2CCC(c3nncn3C)CC2)CC1. The number of piperidine rings is 2. The summed E-state index contributed by atoms with van der Waals surface area (Å²) in [4.78, 5) is 15.6. The molecule has 0 spiro atoms. The first-order chi connectivity index (χ1) is 11.0. The van der Waals surface area contributed by atoms with Crippen molar-refractivity contribution in [2.75, 3.05) is 32.7 Å². The molecule has 1 amide bonds. The van der Waals surface area contributed by atoms with Crippen LogP contribution < -0.4 is 0 Å². The van der Waals surface area contributed by atoms with Gasteiger partial charge in [-0.05, 0) is 38.8 Å². The lowest BCUT2D eigenvalue weighted by molar-refractivity contribution is -0.133. The van der Waals surface area contributed by atoms with Gasteiger partial charge in [0.15, 0.2) is 0 Å². The third-order valence-corrected chi connectivity index (χ3v) is 5.36. The molecule has 7 heteroatoms. The van der Waals surface area contributed by atoms with E-state index >= 15 is 0 Å². The van der Waals surface area contributed by atoms with E-state index in [1.807, 2.05) is 16.5 Å². The van der Waals surface area contributed by atoms with E-state index in [1.165, 1.54) is 0 Å². The van der Waals surface area contributed by atoms with E-state index < -0.39 is 5.60 Å². The molecule has 7 nitrogen and oxygen atoms in total. The number of nitrogens with zero attached hydrogens (tertiary/aromatic N) is 5. The van der Waals surface area contributed by atoms with Crippen molar-refractivity contribution in [1.29, 1.82) is 0 Å². The smallest absolute Gasteiger partial charge is 0.219 e. The summed E-state index contributed by atoms with van der Waals surface area (Å²) in [6.45, 7) is 5.61. The monoisotopic (exact) mass is 321 g/mol. The first kappa shape index (κ1) is 16.4. The van der Waals surface area contributed by atoms with Gasteiger partial charge >= 0.3 is 0 Å². The predicted octanol–water partition coefficient (Wildman–Crippen LogP) is 0.368. The Morgan fingerprint density at radius 3 is 2.48 bits per heavy atom. The average molecular weight is 321 g/mol. The minimum absolute atomic E-state index is 0.108. The minimum Gasteiger partial charge on any atom is -0.388 e. The highest BCUT2D eigenvalue weighted by atomic mass is 16.3. The lowest BCUT2D eigenvalue weighted by atomic mass is 9.89. The zero-order chi connectivity index (χ0) is 16.4. The highest BCUT2D eigenvalue weighted by Gasteiger charge is 2.36. The molecule has 0 bridgehead atoms. The molecule has 2 aliphatic rings. The van der Waals surface area contributed by atoms with Crippen LogP contribution in [0.3, 0.4) is 0 Å². The number of likely N-dealkylation sites (tertiary alicyclic amines) is 2. The van der Waals surface area contributed by atoms with Crippen LogP contribution in [-0.2, 0) is 11.8 Å². The number of hydrogen-bond acceptors (Lipinski definition) is 5. The lowest BCUT2D eigenvalue weighted by Crippen LogP contribution is -2.52. The summed E-state index contributed by atoms with van der Waals surface area (Å²) in [6.07, 6.45) is 5.23. The molecule has 1 N–H and O–H groups in total. The van der Waals surface area contributed by atoms with E-state index in [0.717, 1.165) is 31.8 Å². The molecule has 2 saturated heterocycles. The molecule has 23 heavy (non-hydrogen) atoms. The number of amides is 1. The molecule has 3 heterocycles. The minimum atomic E-state index is -0.649. The van der Waals surface area contributed by atoms with Crippen LogP contribution in [0.1, 0.15) is 44.3 Å². The number of aliphatic hydroxyl groups is 1. The Kier molecular flexibility index (Phi) is 4.68. The molecule has 128 valence electrons. The lowest BCUT2D eigenvalue weighted by Gasteiger charge is -2.42. The van der Waals surface area contributed by atoms with Crippen LogP contribution in [-0.4, -0.2) is 73.9 Å². The van der Waals surface area contributed by atoms with Crippen LogP contribution in [0, 0.1) is 0 Å². The van der Waals surface area contributed by atoms with E-state index in [9.17, 15) is 9.90 Å². The van der Waals surface area contributed by atoms with Gasteiger partial charge in [0.25, 0.3) is 0 Å². The third-order valence-electron chi connectivity index (χ3n) is 5.36. The van der Waals surface area contributed by atoms with Crippen LogP contribution in [0.4, 0.5) is 0 Å². The van der Waals surface area contributed by atoms with Crippen molar-refractivity contribution in [2.45, 2.75) is 44.1 Å². The maximum Gasteiger partial charge on any atom is 0.219 e. The van der Waals surface area contributed by atoms with E-state index in [4.69, 9.17) is 0 Å². The number of aryl methyl sites for hydroxylation is 1. The number of carbonyl (C=O) groups excluding carboxylic acids is 1. The molecule has 0 saturated carbocycles.